The van der Waals surface area contributed by atoms with Crippen LogP contribution in [0.25, 0.3) is 0 Å². The molecule has 19 heavy (non-hydrogen) atoms. The molecule has 0 saturated carbocycles. The number of benzene rings is 1. The summed E-state index contributed by atoms with van der Waals surface area (Å²) in [6.45, 7) is 4.57. The molecule has 1 unspecified atom stereocenters. The van der Waals surface area contributed by atoms with Gasteiger partial charge in [0.1, 0.15) is 11.6 Å². The minimum absolute atomic E-state index is 0.0960. The average Bonchev–Trinajstić information content (AvgIpc) is 2.79. The second kappa shape index (κ2) is 6.16. The van der Waals surface area contributed by atoms with Crippen LogP contribution in [0.3, 0.4) is 0 Å². The molecule has 0 fully saturated rings. The summed E-state index contributed by atoms with van der Waals surface area (Å²) in [6, 6.07) is 3.43. The Morgan fingerprint density at radius 3 is 2.79 bits per heavy atom. The predicted octanol–water partition coefficient (Wildman–Crippen LogP) is 3.02. The number of rotatable bonds is 5. The van der Waals surface area contributed by atoms with Crippen LogP contribution in [0.1, 0.15) is 29.1 Å². The van der Waals surface area contributed by atoms with Gasteiger partial charge in [0.15, 0.2) is 0 Å². The molecule has 6 heteroatoms. The maximum Gasteiger partial charge on any atom is 0.126 e. The van der Waals surface area contributed by atoms with Crippen LogP contribution in [0.4, 0.5) is 8.78 Å². The standard InChI is InChI=1S/C13H15F2N3S/c1-3-16-12(13-8(2)17-18-19-13)7-9-6-10(14)4-5-11(9)15/h4-6,12,16H,3,7H2,1-2H3. The first-order valence-corrected chi connectivity index (χ1v) is 6.85. The zero-order valence-corrected chi connectivity index (χ0v) is 11.6. The summed E-state index contributed by atoms with van der Waals surface area (Å²) in [5.74, 6) is -0.815. The quantitative estimate of drug-likeness (QED) is 0.916. The average molecular weight is 283 g/mol. The Morgan fingerprint density at radius 1 is 1.37 bits per heavy atom. The van der Waals surface area contributed by atoms with E-state index in [1.54, 1.807) is 0 Å². The van der Waals surface area contributed by atoms with Crippen LogP contribution in [-0.4, -0.2) is 16.1 Å². The molecule has 0 radical (unpaired) electrons. The summed E-state index contributed by atoms with van der Waals surface area (Å²) in [5, 5.41) is 7.22. The molecular weight excluding hydrogens is 268 g/mol. The Hall–Kier alpha value is -1.40. The lowest BCUT2D eigenvalue weighted by Gasteiger charge is -2.17. The first-order chi connectivity index (χ1) is 9.11. The van der Waals surface area contributed by atoms with Crippen LogP contribution in [0, 0.1) is 18.6 Å². The highest BCUT2D eigenvalue weighted by Gasteiger charge is 2.18. The van der Waals surface area contributed by atoms with Gasteiger partial charge in [0.05, 0.1) is 10.6 Å². The van der Waals surface area contributed by atoms with E-state index in [1.807, 2.05) is 13.8 Å². The van der Waals surface area contributed by atoms with Crippen LogP contribution in [-0.2, 0) is 6.42 Å². The van der Waals surface area contributed by atoms with Crippen molar-refractivity contribution in [3.8, 4) is 0 Å². The Balaban J connectivity index is 2.26. The van der Waals surface area contributed by atoms with Gasteiger partial charge in [0, 0.05) is 6.04 Å². The summed E-state index contributed by atoms with van der Waals surface area (Å²) in [5.41, 5.74) is 1.19. The Labute approximate surface area is 114 Å². The van der Waals surface area contributed by atoms with Gasteiger partial charge in [-0.15, -0.1) is 5.10 Å². The van der Waals surface area contributed by atoms with Crippen molar-refractivity contribution in [3.05, 3.63) is 46.0 Å². The Bertz CT molecular complexity index is 557. The van der Waals surface area contributed by atoms with Crippen LogP contribution in [0.5, 0.6) is 0 Å². The maximum absolute atomic E-state index is 13.7. The molecule has 0 aliphatic carbocycles. The molecular formula is C13H15F2N3S. The number of hydrogen-bond donors (Lipinski definition) is 1. The zero-order chi connectivity index (χ0) is 13.8. The van der Waals surface area contributed by atoms with E-state index in [1.165, 1.54) is 17.6 Å². The smallest absolute Gasteiger partial charge is 0.126 e. The van der Waals surface area contributed by atoms with Crippen LogP contribution >= 0.6 is 11.5 Å². The summed E-state index contributed by atoms with van der Waals surface area (Å²) in [7, 11) is 0. The van der Waals surface area contributed by atoms with Gasteiger partial charge in [-0.1, -0.05) is 11.4 Å². The third kappa shape index (κ3) is 3.33. The minimum Gasteiger partial charge on any atom is -0.309 e. The molecule has 0 aliphatic rings. The number of halogens is 2. The molecule has 1 aromatic carbocycles. The lowest BCUT2D eigenvalue weighted by atomic mass is 10.0. The van der Waals surface area contributed by atoms with Gasteiger partial charge in [-0.05, 0) is 55.2 Å². The number of hydrogen-bond acceptors (Lipinski definition) is 4. The number of aryl methyl sites for hydroxylation is 1. The van der Waals surface area contributed by atoms with E-state index in [0.29, 0.717) is 12.0 Å². The van der Waals surface area contributed by atoms with E-state index >= 15 is 0 Å². The molecule has 0 bridgehead atoms. The fourth-order valence-corrected chi connectivity index (χ4v) is 2.70. The van der Waals surface area contributed by atoms with E-state index in [9.17, 15) is 8.78 Å². The van der Waals surface area contributed by atoms with Crippen molar-refractivity contribution in [2.75, 3.05) is 6.54 Å². The maximum atomic E-state index is 13.7. The third-order valence-corrected chi connectivity index (χ3v) is 3.83. The van der Waals surface area contributed by atoms with Gasteiger partial charge in [0.25, 0.3) is 0 Å². The predicted molar refractivity (Wildman–Crippen MR) is 71.1 cm³/mol. The monoisotopic (exact) mass is 283 g/mol. The van der Waals surface area contributed by atoms with E-state index in [0.717, 1.165) is 29.2 Å². The lowest BCUT2D eigenvalue weighted by molar-refractivity contribution is 0.525. The fraction of sp³-hybridized carbons (Fsp3) is 0.385. The highest BCUT2D eigenvalue weighted by Crippen LogP contribution is 2.25. The number of aromatic nitrogens is 2. The van der Waals surface area contributed by atoms with Gasteiger partial charge in [-0.3, -0.25) is 0 Å². The molecule has 1 atom stereocenters. The molecule has 2 aromatic rings. The molecule has 0 spiro atoms. The van der Waals surface area contributed by atoms with Gasteiger partial charge in [0.2, 0.25) is 0 Å². The van der Waals surface area contributed by atoms with Crippen LogP contribution < -0.4 is 5.32 Å². The summed E-state index contributed by atoms with van der Waals surface area (Å²) >= 11 is 1.29. The largest absolute Gasteiger partial charge is 0.309 e. The highest BCUT2D eigenvalue weighted by molar-refractivity contribution is 7.05. The Kier molecular flexibility index (Phi) is 4.55. The number of nitrogens with zero attached hydrogens (tertiary/aromatic N) is 2. The first kappa shape index (κ1) is 14.0. The van der Waals surface area contributed by atoms with Crippen molar-refractivity contribution in [2.24, 2.45) is 0 Å². The molecule has 1 N–H and O–H groups in total. The van der Waals surface area contributed by atoms with Gasteiger partial charge in [-0.25, -0.2) is 8.78 Å². The van der Waals surface area contributed by atoms with Crippen molar-refractivity contribution in [1.29, 1.82) is 0 Å². The summed E-state index contributed by atoms with van der Waals surface area (Å²) in [6.07, 6.45) is 0.377. The van der Waals surface area contributed by atoms with E-state index in [2.05, 4.69) is 14.9 Å². The van der Waals surface area contributed by atoms with Crippen LogP contribution in [0.2, 0.25) is 0 Å². The first-order valence-electron chi connectivity index (χ1n) is 6.08. The molecule has 0 amide bonds. The van der Waals surface area contributed by atoms with E-state index < -0.39 is 5.82 Å². The van der Waals surface area contributed by atoms with E-state index in [-0.39, 0.29) is 11.9 Å². The SMILES string of the molecule is CCNC(Cc1cc(F)ccc1F)c1snnc1C. The molecule has 1 heterocycles. The summed E-state index contributed by atoms with van der Waals surface area (Å²) in [4.78, 5) is 0.963. The fourth-order valence-electron chi connectivity index (χ4n) is 1.98. The van der Waals surface area contributed by atoms with Crippen molar-refractivity contribution >= 4 is 11.5 Å². The molecule has 0 saturated heterocycles. The van der Waals surface area contributed by atoms with E-state index in [4.69, 9.17) is 0 Å². The van der Waals surface area contributed by atoms with Gasteiger partial charge < -0.3 is 5.32 Å². The zero-order valence-electron chi connectivity index (χ0n) is 10.8. The molecule has 1 aromatic heterocycles. The second-order valence-corrected chi connectivity index (χ2v) is 5.06. The second-order valence-electron chi connectivity index (χ2n) is 4.27. The molecule has 102 valence electrons. The highest BCUT2D eigenvalue weighted by atomic mass is 32.1. The molecule has 2 rings (SSSR count). The minimum atomic E-state index is -0.425. The van der Waals surface area contributed by atoms with Gasteiger partial charge >= 0.3 is 0 Å². The van der Waals surface area contributed by atoms with Crippen molar-refractivity contribution in [1.82, 2.24) is 14.9 Å². The normalized spacial score (nSPS) is 12.6. The third-order valence-electron chi connectivity index (χ3n) is 2.89. The Morgan fingerprint density at radius 2 is 2.16 bits per heavy atom. The van der Waals surface area contributed by atoms with Crippen molar-refractivity contribution < 1.29 is 8.78 Å². The molecule has 0 aliphatic heterocycles. The van der Waals surface area contributed by atoms with Gasteiger partial charge in [-0.2, -0.15) is 0 Å². The van der Waals surface area contributed by atoms with Crippen molar-refractivity contribution in [3.63, 3.8) is 0 Å². The number of nitrogens with one attached hydrogen (secondary N) is 1. The topological polar surface area (TPSA) is 37.8 Å². The number of likely N-dealkylation sites (N-methyl/N-ethyl adjacent to an activating group) is 1. The lowest BCUT2D eigenvalue weighted by Crippen LogP contribution is -2.23. The molecule has 3 nitrogen and oxygen atoms in total. The summed E-state index contributed by atoms with van der Waals surface area (Å²) < 4.78 is 30.8. The van der Waals surface area contributed by atoms with Crippen molar-refractivity contribution in [2.45, 2.75) is 26.3 Å². The van der Waals surface area contributed by atoms with Crippen LogP contribution in [0.15, 0.2) is 18.2 Å².